The molecular formula is C24H27N3O4S. The summed E-state index contributed by atoms with van der Waals surface area (Å²) in [5, 5.41) is 0.603. The molecule has 0 radical (unpaired) electrons. The molecule has 168 valence electrons. The number of carbonyl (C=O) groups excluding carboxylic acids is 2. The molecule has 0 saturated carbocycles. The highest BCUT2D eigenvalue weighted by molar-refractivity contribution is 7.18. The predicted molar refractivity (Wildman–Crippen MR) is 124 cm³/mol. The molecule has 1 aliphatic rings. The van der Waals surface area contributed by atoms with Crippen LogP contribution in [0.5, 0.6) is 0 Å². The second-order valence-corrected chi connectivity index (χ2v) is 9.33. The number of carbonyl (C=O) groups is 2. The van der Waals surface area contributed by atoms with E-state index >= 15 is 0 Å². The van der Waals surface area contributed by atoms with Crippen LogP contribution in [0.25, 0.3) is 10.2 Å². The van der Waals surface area contributed by atoms with Crippen LogP contribution in [0.4, 0.5) is 0 Å². The van der Waals surface area contributed by atoms with Crippen LogP contribution in [0.3, 0.4) is 0 Å². The molecule has 0 spiro atoms. The number of aryl methyl sites for hydroxylation is 3. The minimum Gasteiger partial charge on any atom is -0.447 e. The maximum atomic E-state index is 13.1. The van der Waals surface area contributed by atoms with Crippen molar-refractivity contribution in [1.82, 2.24) is 14.5 Å². The van der Waals surface area contributed by atoms with Crippen molar-refractivity contribution in [2.45, 2.75) is 52.2 Å². The number of esters is 1. The van der Waals surface area contributed by atoms with Crippen molar-refractivity contribution in [2.75, 3.05) is 13.1 Å². The number of hydrogen-bond donors (Lipinski definition) is 0. The van der Waals surface area contributed by atoms with E-state index in [2.05, 4.69) is 4.98 Å². The summed E-state index contributed by atoms with van der Waals surface area (Å²) in [6.07, 6.45) is 3.51. The Morgan fingerprint density at radius 2 is 1.84 bits per heavy atom. The third kappa shape index (κ3) is 4.60. The molecule has 3 heterocycles. The molecule has 1 saturated heterocycles. The SMILES string of the molecule is Cc1sc2ncn(CCC(=O)OC(C(=O)N3CCCCC3)c3ccccc3)c(=O)c2c1C. The number of hydrogen-bond acceptors (Lipinski definition) is 6. The monoisotopic (exact) mass is 453 g/mol. The zero-order valence-corrected chi connectivity index (χ0v) is 19.2. The summed E-state index contributed by atoms with van der Waals surface area (Å²) >= 11 is 1.49. The van der Waals surface area contributed by atoms with Gasteiger partial charge >= 0.3 is 5.97 Å². The van der Waals surface area contributed by atoms with Crippen LogP contribution in [0.15, 0.2) is 41.5 Å². The molecule has 32 heavy (non-hydrogen) atoms. The third-order valence-electron chi connectivity index (χ3n) is 5.96. The summed E-state index contributed by atoms with van der Waals surface area (Å²) in [6, 6.07) is 9.10. The van der Waals surface area contributed by atoms with Gasteiger partial charge in [0.25, 0.3) is 11.5 Å². The van der Waals surface area contributed by atoms with E-state index in [9.17, 15) is 14.4 Å². The molecule has 0 bridgehead atoms. The number of rotatable bonds is 6. The fourth-order valence-electron chi connectivity index (χ4n) is 4.00. The van der Waals surface area contributed by atoms with Gasteiger partial charge in [0.2, 0.25) is 6.10 Å². The molecule has 2 aromatic heterocycles. The number of amides is 1. The summed E-state index contributed by atoms with van der Waals surface area (Å²) in [5.41, 5.74) is 1.42. The van der Waals surface area contributed by atoms with Crippen LogP contribution in [0, 0.1) is 13.8 Å². The van der Waals surface area contributed by atoms with Gasteiger partial charge in [0.05, 0.1) is 18.1 Å². The van der Waals surface area contributed by atoms with Crippen molar-refractivity contribution in [1.29, 1.82) is 0 Å². The molecule has 4 rings (SSSR count). The lowest BCUT2D eigenvalue weighted by atomic mass is 10.1. The summed E-state index contributed by atoms with van der Waals surface area (Å²) in [5.74, 6) is -0.705. The highest BCUT2D eigenvalue weighted by atomic mass is 32.1. The Labute approximate surface area is 190 Å². The second-order valence-electron chi connectivity index (χ2n) is 8.12. The van der Waals surface area contributed by atoms with Crippen molar-refractivity contribution >= 4 is 33.4 Å². The molecular weight excluding hydrogens is 426 g/mol. The highest BCUT2D eigenvalue weighted by Gasteiger charge is 2.30. The van der Waals surface area contributed by atoms with Crippen LogP contribution >= 0.6 is 11.3 Å². The van der Waals surface area contributed by atoms with Crippen LogP contribution in [-0.2, 0) is 20.9 Å². The van der Waals surface area contributed by atoms with E-state index in [4.69, 9.17) is 4.74 Å². The van der Waals surface area contributed by atoms with E-state index in [1.54, 1.807) is 17.0 Å². The minimum absolute atomic E-state index is 0.0220. The quantitative estimate of drug-likeness (QED) is 0.531. The first kappa shape index (κ1) is 22.2. The summed E-state index contributed by atoms with van der Waals surface area (Å²) < 4.78 is 7.10. The Bertz CT molecular complexity index is 1180. The van der Waals surface area contributed by atoms with Crippen molar-refractivity contribution in [2.24, 2.45) is 0 Å². The third-order valence-corrected chi connectivity index (χ3v) is 7.07. The number of benzene rings is 1. The van der Waals surface area contributed by atoms with E-state index in [0.717, 1.165) is 29.7 Å². The second kappa shape index (κ2) is 9.65. The number of likely N-dealkylation sites (tertiary alicyclic amines) is 1. The van der Waals surface area contributed by atoms with E-state index < -0.39 is 12.1 Å². The number of nitrogens with zero attached hydrogens (tertiary/aromatic N) is 3. The number of fused-ring (bicyclic) bond motifs is 1. The molecule has 0 aliphatic carbocycles. The lowest BCUT2D eigenvalue weighted by molar-refractivity contribution is -0.161. The van der Waals surface area contributed by atoms with Crippen LogP contribution < -0.4 is 5.56 Å². The molecule has 0 N–H and O–H groups in total. The topological polar surface area (TPSA) is 81.5 Å². The average molecular weight is 454 g/mol. The molecule has 8 heteroatoms. The van der Waals surface area contributed by atoms with E-state index in [-0.39, 0.29) is 24.4 Å². The Morgan fingerprint density at radius 1 is 1.12 bits per heavy atom. The molecule has 1 atom stereocenters. The summed E-state index contributed by atoms with van der Waals surface area (Å²) in [6.45, 7) is 5.38. The van der Waals surface area contributed by atoms with Gasteiger partial charge in [-0.1, -0.05) is 30.3 Å². The number of piperidine rings is 1. The van der Waals surface area contributed by atoms with Gasteiger partial charge in [-0.15, -0.1) is 11.3 Å². The lowest BCUT2D eigenvalue weighted by Crippen LogP contribution is -2.40. The Kier molecular flexibility index (Phi) is 6.69. The first-order valence-electron chi connectivity index (χ1n) is 10.9. The maximum Gasteiger partial charge on any atom is 0.308 e. The van der Waals surface area contributed by atoms with Gasteiger partial charge < -0.3 is 9.64 Å². The van der Waals surface area contributed by atoms with Gasteiger partial charge in [0, 0.05) is 30.1 Å². The standard InChI is InChI=1S/C24H27N3O4S/c1-16-17(2)32-22-20(16)23(29)27(15-25-22)14-11-19(28)31-21(18-9-5-3-6-10-18)24(30)26-12-7-4-8-13-26/h3,5-6,9-10,15,21H,4,7-8,11-14H2,1-2H3. The van der Waals surface area contributed by atoms with Gasteiger partial charge in [-0.2, -0.15) is 0 Å². The summed E-state index contributed by atoms with van der Waals surface area (Å²) in [4.78, 5) is 46.6. The van der Waals surface area contributed by atoms with Crippen molar-refractivity contribution in [3.63, 3.8) is 0 Å². The van der Waals surface area contributed by atoms with E-state index in [1.165, 1.54) is 22.2 Å². The fourth-order valence-corrected chi connectivity index (χ4v) is 4.99. The Balaban J connectivity index is 1.48. The Morgan fingerprint density at radius 3 is 2.56 bits per heavy atom. The first-order chi connectivity index (χ1) is 15.5. The van der Waals surface area contributed by atoms with Crippen molar-refractivity contribution in [3.05, 3.63) is 63.0 Å². The molecule has 3 aromatic rings. The van der Waals surface area contributed by atoms with Crippen molar-refractivity contribution in [3.8, 4) is 0 Å². The summed E-state index contributed by atoms with van der Waals surface area (Å²) in [7, 11) is 0. The number of thiophene rings is 1. The van der Waals surface area contributed by atoms with Gasteiger partial charge in [-0.05, 0) is 38.7 Å². The fraction of sp³-hybridized carbons (Fsp3) is 0.417. The van der Waals surface area contributed by atoms with Gasteiger partial charge in [0.15, 0.2) is 0 Å². The average Bonchev–Trinajstić information content (AvgIpc) is 3.11. The molecule has 7 nitrogen and oxygen atoms in total. The molecule has 1 amide bonds. The lowest BCUT2D eigenvalue weighted by Gasteiger charge is -2.30. The van der Waals surface area contributed by atoms with E-state index in [1.807, 2.05) is 32.0 Å². The normalized spacial score (nSPS) is 15.0. The van der Waals surface area contributed by atoms with E-state index in [0.29, 0.717) is 28.9 Å². The predicted octanol–water partition coefficient (Wildman–Crippen LogP) is 3.76. The first-order valence-corrected chi connectivity index (χ1v) is 11.8. The van der Waals surface area contributed by atoms with Crippen LogP contribution in [0.2, 0.25) is 0 Å². The van der Waals surface area contributed by atoms with Gasteiger partial charge in [-0.25, -0.2) is 4.98 Å². The van der Waals surface area contributed by atoms with Gasteiger partial charge in [0.1, 0.15) is 4.83 Å². The molecule has 1 aliphatic heterocycles. The number of aromatic nitrogens is 2. The Hall–Kier alpha value is -3.00. The van der Waals surface area contributed by atoms with Crippen LogP contribution in [-0.4, -0.2) is 39.4 Å². The maximum absolute atomic E-state index is 13.1. The number of ether oxygens (including phenoxy) is 1. The molecule has 1 unspecified atom stereocenters. The zero-order chi connectivity index (χ0) is 22.7. The molecule has 1 aromatic carbocycles. The largest absolute Gasteiger partial charge is 0.447 e. The molecule has 1 fully saturated rings. The van der Waals surface area contributed by atoms with Crippen molar-refractivity contribution < 1.29 is 14.3 Å². The zero-order valence-electron chi connectivity index (χ0n) is 18.4. The van der Waals surface area contributed by atoms with Crippen LogP contribution in [0.1, 0.15) is 47.8 Å². The highest BCUT2D eigenvalue weighted by Crippen LogP contribution is 2.26. The van der Waals surface area contributed by atoms with Gasteiger partial charge in [-0.3, -0.25) is 19.0 Å². The minimum atomic E-state index is -0.971. The smallest absolute Gasteiger partial charge is 0.308 e.